The number of hydrogen-bond acceptors (Lipinski definition) is 5. The Morgan fingerprint density at radius 3 is 3.00 bits per heavy atom. The van der Waals surface area contributed by atoms with Gasteiger partial charge in [0.15, 0.2) is 5.69 Å². The molecule has 0 saturated carbocycles. The molecule has 2 saturated heterocycles. The molecule has 6 heteroatoms. The van der Waals surface area contributed by atoms with Crippen molar-refractivity contribution in [2.24, 2.45) is 0 Å². The van der Waals surface area contributed by atoms with Gasteiger partial charge in [-0.2, -0.15) is 4.98 Å². The zero-order valence-electron chi connectivity index (χ0n) is 10.2. The quantitative estimate of drug-likeness (QED) is 0.847. The van der Waals surface area contributed by atoms with E-state index in [1.54, 1.807) is 0 Å². The summed E-state index contributed by atoms with van der Waals surface area (Å²) in [5, 5.41) is 8.85. The zero-order valence-corrected chi connectivity index (χ0v) is 10.2. The van der Waals surface area contributed by atoms with Crippen LogP contribution in [-0.2, 0) is 0 Å². The van der Waals surface area contributed by atoms with Gasteiger partial charge < -0.3 is 14.4 Å². The molecule has 1 atom stereocenters. The topological polar surface area (TPSA) is 69.8 Å². The molecule has 1 N–H and O–H groups in total. The molecule has 0 amide bonds. The second-order valence-corrected chi connectivity index (χ2v) is 4.95. The van der Waals surface area contributed by atoms with Crippen LogP contribution >= 0.6 is 0 Å². The molecule has 1 unspecified atom stereocenters. The molecule has 2 aliphatic rings. The number of anilines is 1. The Balaban J connectivity index is 1.76. The van der Waals surface area contributed by atoms with E-state index < -0.39 is 5.97 Å². The van der Waals surface area contributed by atoms with E-state index in [1.807, 2.05) is 0 Å². The number of nitrogens with zero attached hydrogens (tertiary/aromatic N) is 3. The van der Waals surface area contributed by atoms with E-state index in [4.69, 9.17) is 9.52 Å². The molecule has 0 spiro atoms. The lowest BCUT2D eigenvalue weighted by Gasteiger charge is -2.24. The summed E-state index contributed by atoms with van der Waals surface area (Å²) in [5.74, 6) is -1.04. The molecule has 0 aromatic carbocycles. The van der Waals surface area contributed by atoms with E-state index in [2.05, 4.69) is 14.8 Å². The van der Waals surface area contributed by atoms with E-state index in [0.717, 1.165) is 26.1 Å². The van der Waals surface area contributed by atoms with Gasteiger partial charge in [-0.05, 0) is 25.8 Å². The Morgan fingerprint density at radius 1 is 1.39 bits per heavy atom. The fraction of sp³-hybridized carbons (Fsp3) is 0.667. The fourth-order valence-corrected chi connectivity index (χ4v) is 2.89. The highest BCUT2D eigenvalue weighted by Gasteiger charge is 2.30. The Hall–Kier alpha value is -1.56. The van der Waals surface area contributed by atoms with Crippen LogP contribution < -0.4 is 4.90 Å². The van der Waals surface area contributed by atoms with Crippen LogP contribution in [0.1, 0.15) is 29.8 Å². The van der Waals surface area contributed by atoms with Crippen molar-refractivity contribution < 1.29 is 14.3 Å². The summed E-state index contributed by atoms with van der Waals surface area (Å²) in [4.78, 5) is 19.4. The molecule has 0 radical (unpaired) electrons. The maximum Gasteiger partial charge on any atom is 0.357 e. The summed E-state index contributed by atoms with van der Waals surface area (Å²) < 4.78 is 5.28. The van der Waals surface area contributed by atoms with Crippen LogP contribution in [0.5, 0.6) is 0 Å². The van der Waals surface area contributed by atoms with Crippen LogP contribution in [0.2, 0.25) is 0 Å². The van der Waals surface area contributed by atoms with E-state index in [1.165, 1.54) is 25.6 Å². The summed E-state index contributed by atoms with van der Waals surface area (Å²) in [6.45, 7) is 4.07. The lowest BCUT2D eigenvalue weighted by molar-refractivity contribution is 0.0690. The SMILES string of the molecule is O=C(O)c1coc(N2CCCN3CCCC3C2)n1. The van der Waals surface area contributed by atoms with E-state index >= 15 is 0 Å². The van der Waals surface area contributed by atoms with Crippen molar-refractivity contribution in [3.63, 3.8) is 0 Å². The lowest BCUT2D eigenvalue weighted by atomic mass is 10.2. The first-order valence-corrected chi connectivity index (χ1v) is 6.42. The van der Waals surface area contributed by atoms with Gasteiger partial charge in [-0.3, -0.25) is 4.90 Å². The molecule has 3 heterocycles. The summed E-state index contributed by atoms with van der Waals surface area (Å²) in [6, 6.07) is 1.01. The van der Waals surface area contributed by atoms with Crippen LogP contribution in [0.3, 0.4) is 0 Å². The average Bonchev–Trinajstić information content (AvgIpc) is 2.95. The number of aromatic carboxylic acids is 1. The highest BCUT2D eigenvalue weighted by atomic mass is 16.4. The van der Waals surface area contributed by atoms with Crippen molar-refractivity contribution in [2.45, 2.75) is 25.3 Å². The number of hydrogen-bond donors (Lipinski definition) is 1. The lowest BCUT2D eigenvalue weighted by Crippen LogP contribution is -2.36. The van der Waals surface area contributed by atoms with Crippen molar-refractivity contribution in [1.82, 2.24) is 9.88 Å². The van der Waals surface area contributed by atoms with Gasteiger partial charge in [0.1, 0.15) is 6.26 Å². The third-order valence-electron chi connectivity index (χ3n) is 3.79. The van der Waals surface area contributed by atoms with Crippen molar-refractivity contribution in [1.29, 1.82) is 0 Å². The normalized spacial score (nSPS) is 24.9. The minimum Gasteiger partial charge on any atom is -0.476 e. The molecule has 1 aromatic heterocycles. The van der Waals surface area contributed by atoms with Crippen LogP contribution in [0, 0.1) is 0 Å². The van der Waals surface area contributed by atoms with Gasteiger partial charge >= 0.3 is 5.97 Å². The molecular weight excluding hydrogens is 234 g/mol. The molecule has 3 rings (SSSR count). The number of carboxylic acid groups (broad SMARTS) is 1. The Bertz CT molecular complexity index is 446. The second-order valence-electron chi connectivity index (χ2n) is 4.95. The van der Waals surface area contributed by atoms with E-state index in [-0.39, 0.29) is 5.69 Å². The second kappa shape index (κ2) is 4.61. The maximum atomic E-state index is 10.8. The number of carbonyl (C=O) groups is 1. The predicted molar refractivity (Wildman–Crippen MR) is 64.9 cm³/mol. The number of oxazole rings is 1. The first-order chi connectivity index (χ1) is 8.74. The maximum absolute atomic E-state index is 10.8. The van der Waals surface area contributed by atoms with Gasteiger partial charge in [0.2, 0.25) is 0 Å². The molecule has 0 aliphatic carbocycles. The number of rotatable bonds is 2. The Kier molecular flexibility index (Phi) is 2.95. The molecule has 2 fully saturated rings. The molecule has 6 nitrogen and oxygen atoms in total. The van der Waals surface area contributed by atoms with Crippen LogP contribution in [0.4, 0.5) is 6.01 Å². The zero-order chi connectivity index (χ0) is 12.5. The summed E-state index contributed by atoms with van der Waals surface area (Å²) in [5.41, 5.74) is -0.0162. The smallest absolute Gasteiger partial charge is 0.357 e. The number of fused-ring (bicyclic) bond motifs is 1. The van der Waals surface area contributed by atoms with Crippen LogP contribution in [0.25, 0.3) is 0 Å². The van der Waals surface area contributed by atoms with Gasteiger partial charge in [0.25, 0.3) is 6.01 Å². The number of aromatic nitrogens is 1. The largest absolute Gasteiger partial charge is 0.476 e. The fourth-order valence-electron chi connectivity index (χ4n) is 2.89. The van der Waals surface area contributed by atoms with Crippen molar-refractivity contribution in [2.75, 3.05) is 31.1 Å². The summed E-state index contributed by atoms with van der Waals surface area (Å²) in [6.07, 6.45) is 4.75. The molecular formula is C12H17N3O3. The first-order valence-electron chi connectivity index (χ1n) is 6.42. The standard InChI is InChI=1S/C12H17N3O3/c16-11(17)10-8-18-12(13-10)15-6-2-5-14-4-1-3-9(14)7-15/h8-9H,1-7H2,(H,16,17). The third kappa shape index (κ3) is 2.08. The van der Waals surface area contributed by atoms with Gasteiger partial charge in [-0.25, -0.2) is 4.79 Å². The first kappa shape index (κ1) is 11.5. The van der Waals surface area contributed by atoms with E-state index in [9.17, 15) is 4.79 Å². The van der Waals surface area contributed by atoms with Crippen LogP contribution in [-0.4, -0.2) is 53.2 Å². The minimum absolute atomic E-state index is 0.0162. The third-order valence-corrected chi connectivity index (χ3v) is 3.79. The molecule has 18 heavy (non-hydrogen) atoms. The Morgan fingerprint density at radius 2 is 2.22 bits per heavy atom. The van der Waals surface area contributed by atoms with Crippen molar-refractivity contribution in [3.05, 3.63) is 12.0 Å². The number of carboxylic acids is 1. The summed E-state index contributed by atoms with van der Waals surface area (Å²) >= 11 is 0. The van der Waals surface area contributed by atoms with Gasteiger partial charge in [-0.15, -0.1) is 0 Å². The molecule has 1 aromatic rings. The average molecular weight is 251 g/mol. The van der Waals surface area contributed by atoms with E-state index in [0.29, 0.717) is 12.1 Å². The summed E-state index contributed by atoms with van der Waals surface area (Å²) in [7, 11) is 0. The molecule has 2 aliphatic heterocycles. The molecule has 98 valence electrons. The van der Waals surface area contributed by atoms with Crippen molar-refractivity contribution in [3.8, 4) is 0 Å². The predicted octanol–water partition coefficient (Wildman–Crippen LogP) is 1.05. The Labute approximate surface area is 105 Å². The van der Waals surface area contributed by atoms with Crippen molar-refractivity contribution >= 4 is 12.0 Å². The van der Waals surface area contributed by atoms with Gasteiger partial charge in [-0.1, -0.05) is 0 Å². The highest BCUT2D eigenvalue weighted by Crippen LogP contribution is 2.24. The van der Waals surface area contributed by atoms with Gasteiger partial charge in [0, 0.05) is 25.7 Å². The molecule has 0 bridgehead atoms. The van der Waals surface area contributed by atoms with Gasteiger partial charge in [0.05, 0.1) is 0 Å². The highest BCUT2D eigenvalue weighted by molar-refractivity contribution is 5.85. The minimum atomic E-state index is -1.04. The monoisotopic (exact) mass is 251 g/mol. The van der Waals surface area contributed by atoms with Crippen LogP contribution in [0.15, 0.2) is 10.7 Å².